The van der Waals surface area contributed by atoms with Gasteiger partial charge in [-0.25, -0.2) is 0 Å². The first-order valence-electron chi connectivity index (χ1n) is 8.72. The van der Waals surface area contributed by atoms with Crippen molar-refractivity contribution in [2.24, 2.45) is 0 Å². The molecule has 1 aromatic heterocycles. The molecule has 0 bridgehead atoms. The Balaban J connectivity index is 0.000000501. The fraction of sp³-hybridized carbons (Fsp3) is 0. The van der Waals surface area contributed by atoms with Gasteiger partial charge in [0, 0.05) is 4.88 Å². The molecule has 0 atom stereocenters. The molecule has 0 radical (unpaired) electrons. The third-order valence-electron chi connectivity index (χ3n) is 3.98. The first-order chi connectivity index (χ1) is 13.9. The Morgan fingerprint density at radius 2 is 0.968 bits per heavy atom. The molecule has 0 aliphatic heterocycles. The molecular formula is C22H19F6PS2. The van der Waals surface area contributed by atoms with Crippen LogP contribution in [0.25, 0.3) is 32.7 Å². The summed E-state index contributed by atoms with van der Waals surface area (Å²) in [5.74, 6) is 0. The van der Waals surface area contributed by atoms with Crippen molar-refractivity contribution in [1.82, 2.24) is 0 Å². The molecule has 0 aliphatic carbocycles. The summed E-state index contributed by atoms with van der Waals surface area (Å²) in [4.78, 5) is 1.31. The van der Waals surface area contributed by atoms with Gasteiger partial charge in [-0.2, -0.15) is 13.5 Å². The predicted molar refractivity (Wildman–Crippen MR) is 126 cm³/mol. The summed E-state index contributed by atoms with van der Waals surface area (Å²) < 4.78 is 59.2. The second-order valence-electron chi connectivity index (χ2n) is 6.44. The Labute approximate surface area is 188 Å². The van der Waals surface area contributed by atoms with Crippen molar-refractivity contribution in [3.05, 3.63) is 96.4 Å². The molecule has 1 heterocycles. The van der Waals surface area contributed by atoms with Crippen LogP contribution in [0.15, 0.2) is 96.4 Å². The molecule has 0 aliphatic rings. The Morgan fingerprint density at radius 1 is 0.548 bits per heavy atom. The van der Waals surface area contributed by atoms with Gasteiger partial charge >= 0.3 is 34.4 Å². The molecule has 0 saturated carbocycles. The molecule has 4 aromatic rings. The van der Waals surface area contributed by atoms with Crippen LogP contribution >= 0.6 is 32.6 Å². The van der Waals surface area contributed by atoms with Crippen LogP contribution in [0.2, 0.25) is 0 Å². The van der Waals surface area contributed by atoms with Gasteiger partial charge in [0.25, 0.3) is 0 Å². The van der Waals surface area contributed by atoms with E-state index < -0.39 is 7.81 Å². The molecule has 0 nitrogen and oxygen atoms in total. The fourth-order valence-electron chi connectivity index (χ4n) is 2.83. The minimum absolute atomic E-state index is 0. The number of halogens is 6. The molecular weight excluding hydrogens is 473 g/mol. The summed E-state index contributed by atoms with van der Waals surface area (Å²) in [6, 6.07) is 32.1. The van der Waals surface area contributed by atoms with Gasteiger partial charge in [0.2, 0.25) is 0 Å². The van der Waals surface area contributed by atoms with Crippen LogP contribution < -0.4 is 0 Å². The van der Waals surface area contributed by atoms with Gasteiger partial charge in [0.15, 0.2) is 0 Å². The van der Waals surface area contributed by atoms with E-state index in [2.05, 4.69) is 96.4 Å². The summed E-state index contributed by atoms with van der Waals surface area (Å²) in [5, 5.41) is 2.24. The maximum Gasteiger partial charge on any atom is 1.00 e. The Morgan fingerprint density at radius 3 is 1.48 bits per heavy atom. The van der Waals surface area contributed by atoms with Crippen molar-refractivity contribution in [3.8, 4) is 32.7 Å². The third kappa shape index (κ3) is 8.77. The second-order valence-corrected chi connectivity index (χ2v) is 9.26. The van der Waals surface area contributed by atoms with E-state index in [0.29, 0.717) is 0 Å². The van der Waals surface area contributed by atoms with E-state index in [-0.39, 0.29) is 14.9 Å². The van der Waals surface area contributed by atoms with Gasteiger partial charge in [0.1, 0.15) is 0 Å². The summed E-state index contributed by atoms with van der Waals surface area (Å²) >= 11 is 1.81. The van der Waals surface area contributed by atoms with E-state index in [1.807, 2.05) is 0 Å². The molecule has 9 heteroatoms. The largest absolute Gasteiger partial charge is 1.00 e. The van der Waals surface area contributed by atoms with E-state index in [9.17, 15) is 25.2 Å². The molecule has 0 saturated heterocycles. The zero-order chi connectivity index (χ0) is 21.9. The molecule has 31 heavy (non-hydrogen) atoms. The van der Waals surface area contributed by atoms with Crippen LogP contribution in [-0.4, -0.2) is 0 Å². The van der Waals surface area contributed by atoms with Gasteiger partial charge in [-0.3, -0.25) is 0 Å². The maximum absolute atomic E-state index is 10.7. The number of rotatable bonds is 3. The summed E-state index contributed by atoms with van der Waals surface area (Å²) in [6.07, 6.45) is 0. The Bertz CT molecular complexity index is 1120. The van der Waals surface area contributed by atoms with Crippen LogP contribution in [0.5, 0.6) is 0 Å². The van der Waals surface area contributed by atoms with Crippen LogP contribution in [0.4, 0.5) is 25.2 Å². The fourth-order valence-corrected chi connectivity index (χ4v) is 3.78. The molecule has 0 unspecified atom stereocenters. The molecule has 4 rings (SSSR count). The van der Waals surface area contributed by atoms with Gasteiger partial charge in [0.05, 0.1) is 0 Å². The number of benzene rings is 3. The van der Waals surface area contributed by atoms with Crippen molar-refractivity contribution < 1.29 is 26.6 Å². The SMILES string of the molecule is F[P-](F)(F)(F)(F)F.S.[H+].c1ccc(-c2csc(-c3ccccc3-c3ccccc3)c2)cc1. The first kappa shape index (κ1) is 25.0. The number of hydrogen-bond acceptors (Lipinski definition) is 1. The van der Waals surface area contributed by atoms with Gasteiger partial charge in [-0.15, -0.1) is 11.3 Å². The maximum atomic E-state index is 9.87. The average Bonchev–Trinajstić information content (AvgIpc) is 3.17. The topological polar surface area (TPSA) is 0 Å². The summed E-state index contributed by atoms with van der Waals surface area (Å²) in [7, 11) is -10.7. The van der Waals surface area contributed by atoms with E-state index in [4.69, 9.17) is 0 Å². The Hall–Kier alpha value is -2.28. The van der Waals surface area contributed by atoms with E-state index in [1.54, 1.807) is 11.3 Å². The predicted octanol–water partition coefficient (Wildman–Crippen LogP) is 10.4. The third-order valence-corrected chi connectivity index (χ3v) is 4.95. The van der Waals surface area contributed by atoms with Crippen molar-refractivity contribution in [1.29, 1.82) is 0 Å². The van der Waals surface area contributed by atoms with Crippen molar-refractivity contribution >= 4 is 32.6 Å². The zero-order valence-corrected chi connectivity index (χ0v) is 18.6. The monoisotopic (exact) mass is 492 g/mol. The number of hydrogen-bond donors (Lipinski definition) is 0. The number of thiophene rings is 1. The quantitative estimate of drug-likeness (QED) is 0.197. The van der Waals surface area contributed by atoms with E-state index in [0.717, 1.165) is 0 Å². The summed E-state index contributed by atoms with van der Waals surface area (Å²) in [6.45, 7) is 0. The summed E-state index contributed by atoms with van der Waals surface area (Å²) in [5.41, 5.74) is 6.40. The zero-order valence-electron chi connectivity index (χ0n) is 16.9. The molecule has 0 amide bonds. The minimum atomic E-state index is -10.7. The molecule has 166 valence electrons. The normalized spacial score (nSPS) is 13.1. The molecule has 0 spiro atoms. The van der Waals surface area contributed by atoms with Crippen molar-refractivity contribution in [3.63, 3.8) is 0 Å². The van der Waals surface area contributed by atoms with Crippen LogP contribution in [-0.2, 0) is 0 Å². The minimum Gasteiger partial charge on any atom is -0.197 e. The standard InChI is InChI=1S/C22H16S.F6P.H2S/c1-3-9-17(10-4-1)19-15-22(23-16-19)21-14-8-7-13-20(21)18-11-5-2-6-12-18;1-7(2,3,4,5)6;/h1-16H;;1H2/q;-1;/p+1. The van der Waals surface area contributed by atoms with E-state index in [1.165, 1.54) is 32.7 Å². The van der Waals surface area contributed by atoms with Crippen LogP contribution in [0.1, 0.15) is 1.43 Å². The van der Waals surface area contributed by atoms with E-state index >= 15 is 0 Å². The second kappa shape index (κ2) is 8.69. The Kier molecular flexibility index (Phi) is 7.00. The first-order valence-corrected chi connectivity index (χ1v) is 11.6. The van der Waals surface area contributed by atoms with Gasteiger partial charge in [-0.05, 0) is 39.3 Å². The van der Waals surface area contributed by atoms with Crippen molar-refractivity contribution in [2.75, 3.05) is 0 Å². The molecule has 3 aromatic carbocycles. The van der Waals surface area contributed by atoms with Crippen molar-refractivity contribution in [2.45, 2.75) is 0 Å². The van der Waals surface area contributed by atoms with Gasteiger partial charge < -0.3 is 0 Å². The van der Waals surface area contributed by atoms with Crippen LogP contribution in [0, 0.1) is 0 Å². The molecule has 0 N–H and O–H groups in total. The van der Waals surface area contributed by atoms with Crippen LogP contribution in [0.3, 0.4) is 0 Å². The smallest absolute Gasteiger partial charge is 0.197 e. The molecule has 0 fully saturated rings. The van der Waals surface area contributed by atoms with Gasteiger partial charge in [-0.1, -0.05) is 84.9 Å². The average molecular weight is 492 g/mol.